The molecule has 1 aliphatic rings. The fourth-order valence-electron chi connectivity index (χ4n) is 2.31. The first-order valence-corrected chi connectivity index (χ1v) is 7.68. The summed E-state index contributed by atoms with van der Waals surface area (Å²) in [5, 5.41) is 9.49. The monoisotopic (exact) mass is 294 g/mol. The zero-order chi connectivity index (χ0) is 14.5. The minimum absolute atomic E-state index is 0.102. The normalized spacial score (nSPS) is 18.9. The number of aromatic nitrogens is 1. The number of amides is 1. The van der Waals surface area contributed by atoms with E-state index in [0.717, 1.165) is 19.4 Å². The molecule has 5 nitrogen and oxygen atoms in total. The van der Waals surface area contributed by atoms with E-state index in [0.29, 0.717) is 16.8 Å². The second-order valence-corrected chi connectivity index (χ2v) is 5.90. The third kappa shape index (κ3) is 3.72. The molecular formula is C14H18N2O3S. The van der Waals surface area contributed by atoms with Gasteiger partial charge in [0.1, 0.15) is 0 Å². The minimum atomic E-state index is -0.981. The number of likely N-dealkylation sites (tertiary alicyclic amines) is 1. The van der Waals surface area contributed by atoms with Gasteiger partial charge in [-0.05, 0) is 38.3 Å². The third-order valence-corrected chi connectivity index (χ3v) is 4.36. The zero-order valence-electron chi connectivity index (χ0n) is 11.4. The first-order chi connectivity index (χ1) is 9.58. The van der Waals surface area contributed by atoms with Crippen LogP contribution in [0.3, 0.4) is 0 Å². The largest absolute Gasteiger partial charge is 0.478 e. The summed E-state index contributed by atoms with van der Waals surface area (Å²) >= 11 is 1.29. The topological polar surface area (TPSA) is 70.5 Å². The number of piperidine rings is 1. The van der Waals surface area contributed by atoms with E-state index in [1.165, 1.54) is 36.5 Å². The minimum Gasteiger partial charge on any atom is -0.478 e. The van der Waals surface area contributed by atoms with Crippen LogP contribution in [0.2, 0.25) is 0 Å². The average Bonchev–Trinajstić information content (AvgIpc) is 2.45. The van der Waals surface area contributed by atoms with Crippen LogP contribution >= 0.6 is 11.8 Å². The number of pyridine rings is 1. The van der Waals surface area contributed by atoms with Crippen molar-refractivity contribution in [3.05, 3.63) is 23.9 Å². The van der Waals surface area contributed by atoms with Gasteiger partial charge < -0.3 is 10.0 Å². The van der Waals surface area contributed by atoms with E-state index >= 15 is 0 Å². The van der Waals surface area contributed by atoms with Gasteiger partial charge in [-0.15, -0.1) is 0 Å². The highest BCUT2D eigenvalue weighted by Crippen LogP contribution is 2.21. The Bertz CT molecular complexity index is 507. The van der Waals surface area contributed by atoms with Crippen LogP contribution < -0.4 is 0 Å². The van der Waals surface area contributed by atoms with Gasteiger partial charge in [-0.25, -0.2) is 9.78 Å². The molecule has 0 aromatic carbocycles. The summed E-state index contributed by atoms with van der Waals surface area (Å²) in [5.41, 5.74) is 0.196. The molecule has 0 aliphatic carbocycles. The third-order valence-electron chi connectivity index (χ3n) is 3.45. The van der Waals surface area contributed by atoms with E-state index in [9.17, 15) is 9.59 Å². The Hall–Kier alpha value is -1.56. The molecular weight excluding hydrogens is 276 g/mol. The first kappa shape index (κ1) is 14.8. The van der Waals surface area contributed by atoms with Crippen molar-refractivity contribution in [1.82, 2.24) is 9.88 Å². The molecule has 2 heterocycles. The molecule has 1 aliphatic heterocycles. The molecule has 1 saturated heterocycles. The van der Waals surface area contributed by atoms with E-state index in [1.807, 2.05) is 4.90 Å². The summed E-state index contributed by atoms with van der Waals surface area (Å²) in [4.78, 5) is 29.0. The second-order valence-electron chi connectivity index (χ2n) is 4.91. The SMILES string of the molecule is CC1CCCCN1C(=O)CSc1cc(C(=O)O)ccn1. The van der Waals surface area contributed by atoms with E-state index < -0.39 is 5.97 Å². The van der Waals surface area contributed by atoms with Crippen LogP contribution in [-0.4, -0.2) is 45.2 Å². The molecule has 108 valence electrons. The highest BCUT2D eigenvalue weighted by molar-refractivity contribution is 7.99. The number of hydrogen-bond donors (Lipinski definition) is 1. The molecule has 1 aromatic heterocycles. The van der Waals surface area contributed by atoms with E-state index in [4.69, 9.17) is 5.11 Å². The second kappa shape index (κ2) is 6.74. The van der Waals surface area contributed by atoms with E-state index in [1.54, 1.807) is 0 Å². The Morgan fingerprint density at radius 1 is 1.50 bits per heavy atom. The maximum Gasteiger partial charge on any atom is 0.335 e. The van der Waals surface area contributed by atoms with Crippen LogP contribution in [-0.2, 0) is 4.79 Å². The van der Waals surface area contributed by atoms with Crippen molar-refractivity contribution >= 4 is 23.6 Å². The van der Waals surface area contributed by atoms with Crippen molar-refractivity contribution < 1.29 is 14.7 Å². The Balaban J connectivity index is 1.92. The molecule has 0 radical (unpaired) electrons. The Morgan fingerprint density at radius 2 is 2.30 bits per heavy atom. The van der Waals surface area contributed by atoms with Gasteiger partial charge in [0.2, 0.25) is 5.91 Å². The van der Waals surface area contributed by atoms with E-state index in [-0.39, 0.29) is 11.5 Å². The van der Waals surface area contributed by atoms with Crippen molar-refractivity contribution in [2.45, 2.75) is 37.3 Å². The van der Waals surface area contributed by atoms with Gasteiger partial charge in [0.15, 0.2) is 0 Å². The van der Waals surface area contributed by atoms with Gasteiger partial charge in [0.25, 0.3) is 0 Å². The summed E-state index contributed by atoms with van der Waals surface area (Å²) in [5.74, 6) is -0.574. The van der Waals surface area contributed by atoms with Crippen molar-refractivity contribution in [1.29, 1.82) is 0 Å². The summed E-state index contributed by atoms with van der Waals surface area (Å²) in [6, 6.07) is 3.25. The summed E-state index contributed by atoms with van der Waals surface area (Å²) < 4.78 is 0. The maximum absolute atomic E-state index is 12.2. The lowest BCUT2D eigenvalue weighted by Crippen LogP contribution is -2.42. The molecule has 1 aromatic rings. The fourth-order valence-corrected chi connectivity index (χ4v) is 3.09. The lowest BCUT2D eigenvalue weighted by molar-refractivity contribution is -0.131. The van der Waals surface area contributed by atoms with E-state index in [2.05, 4.69) is 11.9 Å². The Morgan fingerprint density at radius 3 is 3.00 bits per heavy atom. The van der Waals surface area contributed by atoms with Crippen LogP contribution in [0.15, 0.2) is 23.4 Å². The van der Waals surface area contributed by atoms with Gasteiger partial charge in [0, 0.05) is 18.8 Å². The van der Waals surface area contributed by atoms with Gasteiger partial charge in [0.05, 0.1) is 16.3 Å². The van der Waals surface area contributed by atoms with Crippen molar-refractivity contribution in [3.63, 3.8) is 0 Å². The van der Waals surface area contributed by atoms with Crippen molar-refractivity contribution in [2.24, 2.45) is 0 Å². The molecule has 1 amide bonds. The molecule has 0 saturated carbocycles. The Kier molecular flexibility index (Phi) is 5.00. The molecule has 6 heteroatoms. The summed E-state index contributed by atoms with van der Waals surface area (Å²) in [7, 11) is 0. The maximum atomic E-state index is 12.2. The molecule has 1 atom stereocenters. The van der Waals surface area contributed by atoms with Crippen molar-refractivity contribution in [3.8, 4) is 0 Å². The molecule has 1 N–H and O–H groups in total. The van der Waals surface area contributed by atoms with Crippen LogP contribution in [0.5, 0.6) is 0 Å². The van der Waals surface area contributed by atoms with Crippen LogP contribution in [0, 0.1) is 0 Å². The fraction of sp³-hybridized carbons (Fsp3) is 0.500. The lowest BCUT2D eigenvalue weighted by atomic mass is 10.0. The number of thioether (sulfide) groups is 1. The predicted molar refractivity (Wildman–Crippen MR) is 76.9 cm³/mol. The highest BCUT2D eigenvalue weighted by atomic mass is 32.2. The smallest absolute Gasteiger partial charge is 0.335 e. The number of hydrogen-bond acceptors (Lipinski definition) is 4. The quantitative estimate of drug-likeness (QED) is 0.863. The molecule has 0 bridgehead atoms. The average molecular weight is 294 g/mol. The van der Waals surface area contributed by atoms with Gasteiger partial charge >= 0.3 is 5.97 Å². The van der Waals surface area contributed by atoms with Crippen molar-refractivity contribution in [2.75, 3.05) is 12.3 Å². The Labute approximate surface area is 122 Å². The highest BCUT2D eigenvalue weighted by Gasteiger charge is 2.23. The first-order valence-electron chi connectivity index (χ1n) is 6.69. The van der Waals surface area contributed by atoms with Gasteiger partial charge in [-0.2, -0.15) is 0 Å². The van der Waals surface area contributed by atoms with Crippen LogP contribution in [0.4, 0.5) is 0 Å². The van der Waals surface area contributed by atoms with Crippen LogP contribution in [0.1, 0.15) is 36.5 Å². The number of carboxylic acid groups (broad SMARTS) is 1. The summed E-state index contributed by atoms with van der Waals surface area (Å²) in [6.45, 7) is 2.90. The number of carbonyl (C=O) groups excluding carboxylic acids is 1. The molecule has 2 rings (SSSR count). The van der Waals surface area contributed by atoms with Crippen LogP contribution in [0.25, 0.3) is 0 Å². The standard InChI is InChI=1S/C14H18N2O3S/c1-10-4-2-3-7-16(10)13(17)9-20-12-8-11(14(18)19)5-6-15-12/h5-6,8,10H,2-4,7,9H2,1H3,(H,18,19). The molecule has 0 spiro atoms. The number of rotatable bonds is 4. The number of nitrogens with zero attached hydrogens (tertiary/aromatic N) is 2. The van der Waals surface area contributed by atoms with Gasteiger partial charge in [-0.3, -0.25) is 4.79 Å². The zero-order valence-corrected chi connectivity index (χ0v) is 12.2. The number of carboxylic acids is 1. The predicted octanol–water partition coefficient (Wildman–Crippen LogP) is 2.27. The molecule has 20 heavy (non-hydrogen) atoms. The number of carbonyl (C=O) groups is 2. The molecule has 1 unspecified atom stereocenters. The lowest BCUT2D eigenvalue weighted by Gasteiger charge is -2.33. The van der Waals surface area contributed by atoms with Gasteiger partial charge in [-0.1, -0.05) is 11.8 Å². The number of aromatic carboxylic acids is 1. The summed E-state index contributed by atoms with van der Waals surface area (Å²) in [6.07, 6.45) is 4.76. The molecule has 1 fully saturated rings.